The molecule has 2 aliphatic rings. The molecule has 2 aliphatic heterocycles. The lowest BCUT2D eigenvalue weighted by Crippen LogP contribution is -2.54. The largest absolute Gasteiger partial charge is 0.490 e. The van der Waals surface area contributed by atoms with Crippen molar-refractivity contribution in [2.24, 2.45) is 5.92 Å². The number of rotatable bonds is 6. The van der Waals surface area contributed by atoms with Crippen molar-refractivity contribution in [1.82, 2.24) is 10.2 Å². The van der Waals surface area contributed by atoms with Crippen LogP contribution in [0.1, 0.15) is 62.0 Å². The number of hydrogen-bond donors (Lipinski definition) is 2. The molecular weight excluding hydrogens is 458 g/mol. The highest BCUT2D eigenvalue weighted by atomic mass is 16.5. The second kappa shape index (κ2) is 11.1. The maximum atomic E-state index is 13.3. The van der Waals surface area contributed by atoms with E-state index in [2.05, 4.69) is 10.6 Å². The van der Waals surface area contributed by atoms with Crippen molar-refractivity contribution >= 4 is 23.4 Å². The van der Waals surface area contributed by atoms with Crippen LogP contribution in [0.15, 0.2) is 48.5 Å². The summed E-state index contributed by atoms with van der Waals surface area (Å²) in [5, 5.41) is 5.89. The van der Waals surface area contributed by atoms with Gasteiger partial charge in [0.05, 0.1) is 30.2 Å². The first-order valence-electron chi connectivity index (χ1n) is 12.6. The zero-order valence-electron chi connectivity index (χ0n) is 21.3. The molecule has 0 radical (unpaired) electrons. The van der Waals surface area contributed by atoms with Gasteiger partial charge in [0.1, 0.15) is 18.5 Å². The second-order valence-electron chi connectivity index (χ2n) is 9.93. The van der Waals surface area contributed by atoms with E-state index in [0.29, 0.717) is 29.8 Å². The smallest absolute Gasteiger partial charge is 0.257 e. The van der Waals surface area contributed by atoms with E-state index < -0.39 is 0 Å². The molecule has 0 unspecified atom stereocenters. The molecule has 1 fully saturated rings. The lowest BCUT2D eigenvalue weighted by Gasteiger charge is -2.42. The summed E-state index contributed by atoms with van der Waals surface area (Å²) < 4.78 is 12.3. The highest BCUT2D eigenvalue weighted by Gasteiger charge is 2.39. The Kier molecular flexibility index (Phi) is 7.94. The number of benzene rings is 2. The third-order valence-electron chi connectivity index (χ3n) is 6.89. The summed E-state index contributed by atoms with van der Waals surface area (Å²) in [5.41, 5.74) is 2.02. The number of fused-ring (bicyclic) bond motifs is 2. The molecule has 0 aromatic heterocycles. The van der Waals surface area contributed by atoms with Crippen molar-refractivity contribution in [3.63, 3.8) is 0 Å². The zero-order valence-corrected chi connectivity index (χ0v) is 21.3. The number of hydrogen-bond acceptors (Lipinski definition) is 5. The Morgan fingerprint density at radius 3 is 2.56 bits per heavy atom. The molecule has 2 heterocycles. The van der Waals surface area contributed by atoms with Gasteiger partial charge in [0.25, 0.3) is 5.91 Å². The summed E-state index contributed by atoms with van der Waals surface area (Å²) in [5.74, 6) is -0.0769. The Labute approximate surface area is 212 Å². The van der Waals surface area contributed by atoms with Crippen molar-refractivity contribution in [1.29, 1.82) is 0 Å². The molecule has 0 aliphatic carbocycles. The van der Waals surface area contributed by atoms with Gasteiger partial charge in [-0.25, -0.2) is 0 Å². The van der Waals surface area contributed by atoms with Gasteiger partial charge in [-0.15, -0.1) is 0 Å². The topological polar surface area (TPSA) is 97.0 Å². The van der Waals surface area contributed by atoms with Crippen LogP contribution in [0.25, 0.3) is 0 Å². The lowest BCUT2D eigenvalue weighted by atomic mass is 9.94. The van der Waals surface area contributed by atoms with Crippen LogP contribution in [-0.2, 0) is 14.3 Å². The number of nitrogens with zero attached hydrogens (tertiary/aromatic N) is 1. The molecule has 2 N–H and O–H groups in total. The van der Waals surface area contributed by atoms with Crippen LogP contribution < -0.4 is 15.4 Å². The molecule has 3 amide bonds. The van der Waals surface area contributed by atoms with Crippen LogP contribution in [0.3, 0.4) is 0 Å². The first kappa shape index (κ1) is 25.7. The molecule has 8 heteroatoms. The standard InChI is InChI=1S/C28H35N3O5/c1-17(2)27(33)30-20-10-13-24-22(14-20)28(34)31(4)23-12-11-21(36-25(23)16-35-24)15-26(32)29-18(3)19-8-6-5-7-9-19/h5-10,13-14,17-18,21,23,25H,11-12,15-16H2,1-4H3,(H,29,32)(H,30,33)/t18-,21+,23+,25+/m0/s1. The van der Waals surface area contributed by atoms with Crippen molar-refractivity contribution < 1.29 is 23.9 Å². The average Bonchev–Trinajstić information content (AvgIpc) is 2.86. The van der Waals surface area contributed by atoms with Gasteiger partial charge in [-0.3, -0.25) is 14.4 Å². The molecule has 36 heavy (non-hydrogen) atoms. The van der Waals surface area contributed by atoms with Gasteiger partial charge in [0.2, 0.25) is 11.8 Å². The normalized spacial score (nSPS) is 22.4. The lowest BCUT2D eigenvalue weighted by molar-refractivity contribution is -0.134. The summed E-state index contributed by atoms with van der Waals surface area (Å²) in [6.07, 6.45) is 1.05. The third kappa shape index (κ3) is 5.87. The number of anilines is 1. The predicted octanol–water partition coefficient (Wildman–Crippen LogP) is 3.93. The molecule has 192 valence electrons. The summed E-state index contributed by atoms with van der Waals surface area (Å²) >= 11 is 0. The number of carbonyl (C=O) groups excluding carboxylic acids is 3. The minimum atomic E-state index is -0.342. The molecule has 0 bridgehead atoms. The number of nitrogens with one attached hydrogen (secondary N) is 2. The van der Waals surface area contributed by atoms with Crippen molar-refractivity contribution in [2.45, 2.75) is 64.3 Å². The monoisotopic (exact) mass is 493 g/mol. The molecule has 0 saturated carbocycles. The molecule has 1 saturated heterocycles. The van der Waals surface area contributed by atoms with E-state index in [4.69, 9.17) is 9.47 Å². The van der Waals surface area contributed by atoms with E-state index in [1.807, 2.05) is 51.1 Å². The van der Waals surface area contributed by atoms with E-state index in [1.165, 1.54) is 0 Å². The van der Waals surface area contributed by atoms with Crippen LogP contribution in [0.5, 0.6) is 5.75 Å². The van der Waals surface area contributed by atoms with Crippen molar-refractivity contribution in [3.8, 4) is 5.75 Å². The maximum absolute atomic E-state index is 13.3. The Bertz CT molecular complexity index is 1100. The van der Waals surface area contributed by atoms with E-state index in [1.54, 1.807) is 30.1 Å². The molecule has 0 spiro atoms. The zero-order chi connectivity index (χ0) is 25.8. The number of amides is 3. The Balaban J connectivity index is 1.40. The van der Waals surface area contributed by atoms with E-state index in [0.717, 1.165) is 5.56 Å². The van der Waals surface area contributed by atoms with Gasteiger partial charge in [-0.2, -0.15) is 0 Å². The van der Waals surface area contributed by atoms with Gasteiger partial charge in [-0.1, -0.05) is 44.2 Å². The fourth-order valence-electron chi connectivity index (χ4n) is 4.72. The average molecular weight is 494 g/mol. The molecular formula is C28H35N3O5. The molecule has 4 rings (SSSR count). The second-order valence-corrected chi connectivity index (χ2v) is 9.93. The summed E-state index contributed by atoms with van der Waals surface area (Å²) in [7, 11) is 1.77. The highest BCUT2D eigenvalue weighted by Crippen LogP contribution is 2.32. The summed E-state index contributed by atoms with van der Waals surface area (Å²) in [6, 6.07) is 14.7. The van der Waals surface area contributed by atoms with Crippen LogP contribution >= 0.6 is 0 Å². The summed E-state index contributed by atoms with van der Waals surface area (Å²) in [4.78, 5) is 39.8. The predicted molar refractivity (Wildman–Crippen MR) is 137 cm³/mol. The van der Waals surface area contributed by atoms with Crippen LogP contribution in [0.2, 0.25) is 0 Å². The van der Waals surface area contributed by atoms with Gasteiger partial charge < -0.3 is 25.0 Å². The van der Waals surface area contributed by atoms with E-state index in [9.17, 15) is 14.4 Å². The van der Waals surface area contributed by atoms with Gasteiger partial charge >= 0.3 is 0 Å². The number of carbonyl (C=O) groups is 3. The minimum absolute atomic E-state index is 0.0627. The van der Waals surface area contributed by atoms with Gasteiger partial charge in [0.15, 0.2) is 0 Å². The summed E-state index contributed by atoms with van der Waals surface area (Å²) in [6.45, 7) is 5.86. The molecule has 2 aromatic carbocycles. The Morgan fingerprint density at radius 2 is 1.83 bits per heavy atom. The Hall–Kier alpha value is -3.39. The van der Waals surface area contributed by atoms with Gasteiger partial charge in [0, 0.05) is 18.7 Å². The Morgan fingerprint density at radius 1 is 1.08 bits per heavy atom. The van der Waals surface area contributed by atoms with Crippen LogP contribution in [-0.4, -0.2) is 54.5 Å². The van der Waals surface area contributed by atoms with Crippen molar-refractivity contribution in [2.75, 3.05) is 19.0 Å². The minimum Gasteiger partial charge on any atom is -0.490 e. The van der Waals surface area contributed by atoms with Crippen LogP contribution in [0.4, 0.5) is 5.69 Å². The van der Waals surface area contributed by atoms with Crippen molar-refractivity contribution in [3.05, 3.63) is 59.7 Å². The van der Waals surface area contributed by atoms with E-state index in [-0.39, 0.29) is 61.0 Å². The fraction of sp³-hybridized carbons (Fsp3) is 0.464. The highest BCUT2D eigenvalue weighted by molar-refractivity contribution is 6.00. The number of likely N-dealkylation sites (N-methyl/N-ethyl adjacent to an activating group) is 1. The van der Waals surface area contributed by atoms with Gasteiger partial charge in [-0.05, 0) is 43.5 Å². The molecule has 8 nitrogen and oxygen atoms in total. The fourth-order valence-corrected chi connectivity index (χ4v) is 4.72. The molecule has 2 aromatic rings. The SMILES string of the molecule is CC(C)C(=O)Nc1ccc2c(c1)C(=O)N(C)[C@@H]1CC[C@H](CC(=O)N[C@@H](C)c3ccccc3)O[C@@H]1CO2. The van der Waals surface area contributed by atoms with Crippen LogP contribution in [0, 0.1) is 5.92 Å². The third-order valence-corrected chi connectivity index (χ3v) is 6.89. The first-order valence-corrected chi connectivity index (χ1v) is 12.6. The number of ether oxygens (including phenoxy) is 2. The molecule has 4 atom stereocenters. The first-order chi connectivity index (χ1) is 17.2. The maximum Gasteiger partial charge on any atom is 0.257 e. The quantitative estimate of drug-likeness (QED) is 0.636. The van der Waals surface area contributed by atoms with E-state index >= 15 is 0 Å².